The zero-order chi connectivity index (χ0) is 28.4. The van der Waals surface area contributed by atoms with E-state index in [4.69, 9.17) is 10.1 Å². The van der Waals surface area contributed by atoms with Crippen LogP contribution in [0.15, 0.2) is 42.0 Å². The Morgan fingerprint density at radius 3 is 2.18 bits per heavy atom. The lowest BCUT2D eigenvalue weighted by Gasteiger charge is -2.28. The van der Waals surface area contributed by atoms with E-state index in [9.17, 15) is 9.90 Å². The first-order valence-corrected chi connectivity index (χ1v) is 13.9. The van der Waals surface area contributed by atoms with Crippen LogP contribution in [0.2, 0.25) is 0 Å². The molecule has 39 heavy (non-hydrogen) atoms. The van der Waals surface area contributed by atoms with Crippen LogP contribution in [0, 0.1) is 11.3 Å². The maximum Gasteiger partial charge on any atom is 0.182 e. The van der Waals surface area contributed by atoms with E-state index in [0.29, 0.717) is 17.9 Å². The summed E-state index contributed by atoms with van der Waals surface area (Å²) >= 11 is 0. The summed E-state index contributed by atoms with van der Waals surface area (Å²) in [6.45, 7) is 19.2. The van der Waals surface area contributed by atoms with Crippen molar-refractivity contribution >= 4 is 34.7 Å². The van der Waals surface area contributed by atoms with E-state index in [2.05, 4.69) is 13.0 Å². The Balaban J connectivity index is 0.00000533. The van der Waals surface area contributed by atoms with Crippen LogP contribution < -0.4 is 4.74 Å². The molecule has 1 saturated heterocycles. The Morgan fingerprint density at radius 2 is 1.67 bits per heavy atom. The number of ketones is 1. The van der Waals surface area contributed by atoms with Crippen molar-refractivity contribution in [3.8, 4) is 11.5 Å². The molecule has 0 amide bonds. The third-order valence-corrected chi connectivity index (χ3v) is 7.08. The number of carbonyl (C=O) groups excluding carboxylic acids is 1. The molecule has 214 valence electrons. The molecule has 0 saturated carbocycles. The van der Waals surface area contributed by atoms with Gasteiger partial charge in [-0.1, -0.05) is 73.1 Å². The first-order chi connectivity index (χ1) is 17.6. The number of nitrogens with one attached hydrogen (secondary N) is 1. The van der Waals surface area contributed by atoms with E-state index >= 15 is 0 Å². The Hall–Kier alpha value is -2.60. The number of hydrogen-bond acceptors (Lipinski definition) is 4. The second kappa shape index (κ2) is 12.7. The lowest BCUT2D eigenvalue weighted by Crippen LogP contribution is -2.31. The number of Topliss-reactive ketones (excluding diaryl/α,β-unsaturated/α-hetero) is 1. The minimum atomic E-state index is -0.311. The Kier molecular flexibility index (Phi) is 10.6. The molecule has 5 nitrogen and oxygen atoms in total. The predicted molar refractivity (Wildman–Crippen MR) is 168 cm³/mol. The smallest absolute Gasteiger partial charge is 0.182 e. The number of halogens is 1. The van der Waals surface area contributed by atoms with Gasteiger partial charge in [0.2, 0.25) is 0 Å². The molecule has 1 unspecified atom stereocenters. The van der Waals surface area contributed by atoms with Gasteiger partial charge in [0.15, 0.2) is 5.78 Å². The normalized spacial score (nSPS) is 17.1. The van der Waals surface area contributed by atoms with Gasteiger partial charge in [-0.15, -0.1) is 17.0 Å². The second-order valence-electron chi connectivity index (χ2n) is 12.9. The largest absolute Gasteiger partial charge is 0.507 e. The first-order valence-electron chi connectivity index (χ1n) is 13.9. The van der Waals surface area contributed by atoms with Gasteiger partial charge in [-0.05, 0) is 60.9 Å². The minimum Gasteiger partial charge on any atom is -0.507 e. The Bertz CT molecular complexity index is 1180. The van der Waals surface area contributed by atoms with Crippen molar-refractivity contribution in [2.45, 2.75) is 92.1 Å². The van der Waals surface area contributed by atoms with Crippen LogP contribution >= 0.6 is 17.0 Å². The lowest BCUT2D eigenvalue weighted by atomic mass is 9.78. The third kappa shape index (κ3) is 7.75. The van der Waals surface area contributed by atoms with Crippen molar-refractivity contribution in [1.29, 1.82) is 5.41 Å². The number of para-hydroxylation sites is 1. The number of rotatable bonds is 8. The molecule has 1 aliphatic rings. The maximum absolute atomic E-state index is 13.7. The molecule has 2 N–H and O–H groups in total. The molecular weight excluding hydrogens is 552 g/mol. The van der Waals surface area contributed by atoms with E-state index in [-0.39, 0.29) is 57.9 Å². The number of carbonyl (C=O) groups is 1. The van der Waals surface area contributed by atoms with Gasteiger partial charge in [-0.25, -0.2) is 0 Å². The summed E-state index contributed by atoms with van der Waals surface area (Å²) in [6, 6.07) is 11.6. The summed E-state index contributed by atoms with van der Waals surface area (Å²) in [7, 11) is 0. The third-order valence-electron chi connectivity index (χ3n) is 7.08. The Labute approximate surface area is 245 Å². The molecule has 2 aromatic rings. The summed E-state index contributed by atoms with van der Waals surface area (Å²) < 4.78 is 6.02. The van der Waals surface area contributed by atoms with E-state index in [0.717, 1.165) is 40.9 Å². The molecule has 1 atom stereocenters. The molecule has 0 spiro atoms. The highest BCUT2D eigenvalue weighted by molar-refractivity contribution is 8.93. The van der Waals surface area contributed by atoms with E-state index in [1.165, 1.54) is 0 Å². The quantitative estimate of drug-likeness (QED) is 0.299. The molecule has 0 aliphatic carbocycles. The second-order valence-corrected chi connectivity index (χ2v) is 12.9. The fourth-order valence-corrected chi connectivity index (χ4v) is 5.09. The van der Waals surface area contributed by atoms with Crippen molar-refractivity contribution in [2.75, 3.05) is 13.1 Å². The number of amidine groups is 1. The summed E-state index contributed by atoms with van der Waals surface area (Å²) in [5.41, 5.74) is 3.43. The Morgan fingerprint density at radius 1 is 1.10 bits per heavy atom. The van der Waals surface area contributed by atoms with Crippen molar-refractivity contribution in [3.05, 3.63) is 64.2 Å². The van der Waals surface area contributed by atoms with Gasteiger partial charge >= 0.3 is 0 Å². The molecule has 3 rings (SSSR count). The van der Waals surface area contributed by atoms with Gasteiger partial charge in [0.1, 0.15) is 17.3 Å². The standard InChI is InChI=1S/C33H46N2O3.BrH/c1-10-13-23-19-35(31(34)25(23)16-22-14-11-12-15-29(22)38-21(2)3)20-28(36)24-17-26(32(4,5)6)30(37)27(18-24)33(7,8)9;/h11-12,14-18,21,23,34,37H,10,13,19-20H2,1-9H3;1H. The highest BCUT2D eigenvalue weighted by Crippen LogP contribution is 2.40. The number of likely N-dealkylation sites (tertiary alicyclic amines) is 1. The molecule has 2 aromatic carbocycles. The number of hydrogen-bond donors (Lipinski definition) is 2. The molecule has 1 fully saturated rings. The number of nitrogens with zero attached hydrogens (tertiary/aromatic N) is 1. The molecule has 1 aliphatic heterocycles. The SMILES string of the molecule is Br.CCCC1CN(CC(=O)c2cc(C(C)(C)C)c(O)c(C(C)(C)C)c2)C(=N)C1=Cc1ccccc1OC(C)C. The lowest BCUT2D eigenvalue weighted by molar-refractivity contribution is 0.0963. The van der Waals surface area contributed by atoms with Crippen molar-refractivity contribution in [2.24, 2.45) is 5.92 Å². The molecule has 0 bridgehead atoms. The molecule has 0 radical (unpaired) electrons. The maximum atomic E-state index is 13.7. The molecular formula is C33H47BrN2O3. The van der Waals surface area contributed by atoms with Gasteiger partial charge in [-0.2, -0.15) is 0 Å². The van der Waals surface area contributed by atoms with Crippen LogP contribution in [0.4, 0.5) is 0 Å². The fraction of sp³-hybridized carbons (Fsp3) is 0.515. The summed E-state index contributed by atoms with van der Waals surface area (Å²) in [5.74, 6) is 1.63. The van der Waals surface area contributed by atoms with E-state index in [1.807, 2.05) is 96.7 Å². The summed E-state index contributed by atoms with van der Waals surface area (Å²) in [6.07, 6.45) is 4.08. The number of ether oxygens (including phenoxy) is 1. The van der Waals surface area contributed by atoms with Crippen LogP contribution in [-0.2, 0) is 10.8 Å². The summed E-state index contributed by atoms with van der Waals surface area (Å²) in [4.78, 5) is 15.6. The van der Waals surface area contributed by atoms with Crippen LogP contribution in [0.3, 0.4) is 0 Å². The average molecular weight is 600 g/mol. The number of benzene rings is 2. The molecule has 0 aromatic heterocycles. The number of aromatic hydroxyl groups is 1. The zero-order valence-corrected chi connectivity index (χ0v) is 26.9. The minimum absolute atomic E-state index is 0. The van der Waals surface area contributed by atoms with E-state index in [1.54, 1.807) is 0 Å². The monoisotopic (exact) mass is 598 g/mol. The highest BCUT2D eigenvalue weighted by Gasteiger charge is 2.34. The first kappa shape index (κ1) is 32.6. The van der Waals surface area contributed by atoms with Gasteiger partial charge in [0.05, 0.1) is 12.6 Å². The molecule has 6 heteroatoms. The predicted octanol–water partition coefficient (Wildman–Crippen LogP) is 8.33. The van der Waals surface area contributed by atoms with Gasteiger partial charge in [0.25, 0.3) is 0 Å². The van der Waals surface area contributed by atoms with Crippen molar-refractivity contribution < 1.29 is 14.6 Å². The van der Waals surface area contributed by atoms with Gasteiger partial charge < -0.3 is 14.7 Å². The van der Waals surface area contributed by atoms with Crippen LogP contribution in [0.1, 0.15) is 102 Å². The average Bonchev–Trinajstić information content (AvgIpc) is 3.07. The van der Waals surface area contributed by atoms with E-state index < -0.39 is 0 Å². The zero-order valence-electron chi connectivity index (χ0n) is 25.1. The summed E-state index contributed by atoms with van der Waals surface area (Å²) in [5, 5.41) is 20.1. The van der Waals surface area contributed by atoms with Gasteiger partial charge in [0, 0.05) is 34.7 Å². The molecule has 1 heterocycles. The van der Waals surface area contributed by atoms with Crippen molar-refractivity contribution in [3.63, 3.8) is 0 Å². The van der Waals surface area contributed by atoms with Gasteiger partial charge in [-0.3, -0.25) is 10.2 Å². The number of phenolic OH excluding ortho intramolecular Hbond substituents is 1. The van der Waals surface area contributed by atoms with Crippen LogP contribution in [0.25, 0.3) is 6.08 Å². The van der Waals surface area contributed by atoms with Crippen LogP contribution in [0.5, 0.6) is 11.5 Å². The fourth-order valence-electron chi connectivity index (χ4n) is 5.09. The topological polar surface area (TPSA) is 73.6 Å². The van der Waals surface area contributed by atoms with Crippen molar-refractivity contribution in [1.82, 2.24) is 4.90 Å². The highest BCUT2D eigenvalue weighted by atomic mass is 79.9. The van der Waals surface area contributed by atoms with Crippen LogP contribution in [-0.4, -0.2) is 40.8 Å². The number of phenols is 1.